The van der Waals surface area contributed by atoms with Crippen molar-refractivity contribution < 1.29 is 9.72 Å². The number of aromatic nitrogens is 1. The van der Waals surface area contributed by atoms with E-state index in [1.165, 1.54) is 38.1 Å². The van der Waals surface area contributed by atoms with Gasteiger partial charge >= 0.3 is 0 Å². The Morgan fingerprint density at radius 3 is 2.38 bits per heavy atom. The molecule has 1 amide bonds. The fourth-order valence-electron chi connectivity index (χ4n) is 2.11. The van der Waals surface area contributed by atoms with Gasteiger partial charge in [-0.05, 0) is 32.0 Å². The van der Waals surface area contributed by atoms with E-state index in [1.807, 2.05) is 0 Å². The van der Waals surface area contributed by atoms with E-state index in [0.717, 1.165) is 10.8 Å². The molecule has 7 nitrogen and oxygen atoms in total. The van der Waals surface area contributed by atoms with Crippen molar-refractivity contribution in [3.05, 3.63) is 66.5 Å². The van der Waals surface area contributed by atoms with Crippen molar-refractivity contribution in [1.29, 1.82) is 0 Å². The highest BCUT2D eigenvalue weighted by molar-refractivity contribution is 6.35. The summed E-state index contributed by atoms with van der Waals surface area (Å²) < 4.78 is 1.02. The number of benzene rings is 1. The molecule has 0 bridgehead atoms. The Hall–Kier alpha value is -2.38. The maximum absolute atomic E-state index is 12.4. The van der Waals surface area contributed by atoms with Crippen LogP contribution < -0.4 is 10.9 Å². The van der Waals surface area contributed by atoms with Crippen molar-refractivity contribution in [1.82, 2.24) is 4.57 Å². The molecule has 0 fully saturated rings. The number of halogens is 2. The van der Waals surface area contributed by atoms with Crippen molar-refractivity contribution in [3.8, 4) is 0 Å². The van der Waals surface area contributed by atoms with Crippen molar-refractivity contribution in [2.45, 2.75) is 19.9 Å². The van der Waals surface area contributed by atoms with Crippen LogP contribution in [-0.4, -0.2) is 15.4 Å². The lowest BCUT2D eigenvalue weighted by atomic mass is 10.2. The topological polar surface area (TPSA) is 94.2 Å². The Kier molecular flexibility index (Phi) is 5.26. The van der Waals surface area contributed by atoms with E-state index < -0.39 is 22.4 Å². The Morgan fingerprint density at radius 1 is 1.25 bits per heavy atom. The van der Waals surface area contributed by atoms with Crippen LogP contribution in [0, 0.1) is 17.0 Å². The van der Waals surface area contributed by atoms with Crippen LogP contribution in [-0.2, 0) is 4.79 Å². The predicted octanol–water partition coefficient (Wildman–Crippen LogP) is 3.57. The first kappa shape index (κ1) is 18.0. The molecular weight excluding hydrogens is 357 g/mol. The molecule has 0 radical (unpaired) electrons. The minimum absolute atomic E-state index is 0.176. The largest absolute Gasteiger partial charge is 0.324 e. The van der Waals surface area contributed by atoms with E-state index in [0.29, 0.717) is 15.7 Å². The van der Waals surface area contributed by atoms with Crippen molar-refractivity contribution in [3.63, 3.8) is 0 Å². The van der Waals surface area contributed by atoms with Crippen LogP contribution in [0.4, 0.5) is 11.4 Å². The second kappa shape index (κ2) is 7.02. The van der Waals surface area contributed by atoms with E-state index in [-0.39, 0.29) is 11.3 Å². The molecule has 1 unspecified atom stereocenters. The molecule has 24 heavy (non-hydrogen) atoms. The predicted molar refractivity (Wildman–Crippen MR) is 91.9 cm³/mol. The number of hydrogen-bond donors (Lipinski definition) is 1. The standard InChI is InChI=1S/C15H13Cl2N3O4/c1-8-3-13(20(23)24)7-19(15(8)22)9(2)14(21)18-12-5-10(16)4-11(17)6-12/h3-7,9H,1-2H3,(H,18,21). The molecule has 0 aliphatic carbocycles. The van der Waals surface area contributed by atoms with Gasteiger partial charge in [-0.25, -0.2) is 0 Å². The molecule has 1 heterocycles. The van der Waals surface area contributed by atoms with Gasteiger partial charge in [0.25, 0.3) is 11.2 Å². The highest BCUT2D eigenvalue weighted by Crippen LogP contribution is 2.23. The van der Waals surface area contributed by atoms with E-state index in [9.17, 15) is 19.7 Å². The van der Waals surface area contributed by atoms with Gasteiger partial charge in [0.05, 0.1) is 11.1 Å². The molecule has 0 saturated carbocycles. The highest BCUT2D eigenvalue weighted by Gasteiger charge is 2.20. The first-order valence-electron chi connectivity index (χ1n) is 6.83. The van der Waals surface area contributed by atoms with Crippen LogP contribution in [0.25, 0.3) is 0 Å². The van der Waals surface area contributed by atoms with Crippen LogP contribution in [0.15, 0.2) is 35.3 Å². The summed E-state index contributed by atoms with van der Waals surface area (Å²) in [5.41, 5.74) is -0.209. The average molecular weight is 370 g/mol. The first-order chi connectivity index (χ1) is 11.2. The molecule has 126 valence electrons. The maximum atomic E-state index is 12.4. The van der Waals surface area contributed by atoms with Crippen LogP contribution in [0.1, 0.15) is 18.5 Å². The van der Waals surface area contributed by atoms with Crippen LogP contribution in [0.5, 0.6) is 0 Å². The Morgan fingerprint density at radius 2 is 1.83 bits per heavy atom. The molecule has 0 saturated heterocycles. The average Bonchev–Trinajstić information content (AvgIpc) is 2.47. The van der Waals surface area contributed by atoms with Gasteiger partial charge in [0.2, 0.25) is 5.91 Å². The molecule has 0 aliphatic heterocycles. The number of anilines is 1. The van der Waals surface area contributed by atoms with Gasteiger partial charge in [-0.3, -0.25) is 24.3 Å². The number of carbonyl (C=O) groups is 1. The Bertz CT molecular complexity index is 859. The molecule has 2 aromatic rings. The molecule has 1 aromatic heterocycles. The monoisotopic (exact) mass is 369 g/mol. The normalized spacial score (nSPS) is 11.8. The zero-order chi connectivity index (χ0) is 18.0. The van der Waals surface area contributed by atoms with Gasteiger partial charge in [-0.2, -0.15) is 0 Å². The lowest BCUT2D eigenvalue weighted by molar-refractivity contribution is -0.385. The van der Waals surface area contributed by atoms with E-state index in [4.69, 9.17) is 23.2 Å². The van der Waals surface area contributed by atoms with Gasteiger partial charge < -0.3 is 5.32 Å². The first-order valence-corrected chi connectivity index (χ1v) is 7.59. The third-order valence-electron chi connectivity index (χ3n) is 3.35. The van der Waals surface area contributed by atoms with E-state index >= 15 is 0 Å². The zero-order valence-corrected chi connectivity index (χ0v) is 14.3. The summed E-state index contributed by atoms with van der Waals surface area (Å²) in [5.74, 6) is -0.532. The summed E-state index contributed by atoms with van der Waals surface area (Å²) in [4.78, 5) is 34.8. The Labute approximate surface area is 147 Å². The summed E-state index contributed by atoms with van der Waals surface area (Å²) in [5, 5.41) is 14.2. The Balaban J connectivity index is 2.34. The molecule has 9 heteroatoms. The molecule has 0 aliphatic rings. The number of rotatable bonds is 4. The van der Waals surface area contributed by atoms with Crippen molar-refractivity contribution >= 4 is 40.5 Å². The number of amides is 1. The minimum Gasteiger partial charge on any atom is -0.324 e. The van der Waals surface area contributed by atoms with Crippen LogP contribution in [0.3, 0.4) is 0 Å². The van der Waals surface area contributed by atoms with E-state index in [1.54, 1.807) is 0 Å². The summed E-state index contributed by atoms with van der Waals surface area (Å²) in [7, 11) is 0. The third kappa shape index (κ3) is 3.93. The number of pyridine rings is 1. The van der Waals surface area contributed by atoms with Gasteiger partial charge in [0.15, 0.2) is 0 Å². The number of aryl methyl sites for hydroxylation is 1. The van der Waals surface area contributed by atoms with Crippen molar-refractivity contribution in [2.75, 3.05) is 5.32 Å². The van der Waals surface area contributed by atoms with Crippen molar-refractivity contribution in [2.24, 2.45) is 0 Å². The fraction of sp³-hybridized carbons (Fsp3) is 0.200. The minimum atomic E-state index is -0.964. The molecule has 1 aromatic carbocycles. The van der Waals surface area contributed by atoms with E-state index in [2.05, 4.69) is 5.32 Å². The van der Waals surface area contributed by atoms with Gasteiger partial charge in [-0.1, -0.05) is 23.2 Å². The SMILES string of the molecule is Cc1cc([N+](=O)[O-])cn(C(C)C(=O)Nc2cc(Cl)cc(Cl)c2)c1=O. The quantitative estimate of drug-likeness (QED) is 0.658. The second-order valence-electron chi connectivity index (χ2n) is 5.17. The molecule has 0 spiro atoms. The molecule has 1 atom stereocenters. The van der Waals surface area contributed by atoms with Gasteiger partial charge in [0.1, 0.15) is 6.04 Å². The van der Waals surface area contributed by atoms with Gasteiger partial charge in [0, 0.05) is 27.4 Å². The lowest BCUT2D eigenvalue weighted by Gasteiger charge is -2.16. The molecular formula is C15H13Cl2N3O4. The summed E-state index contributed by atoms with van der Waals surface area (Å²) in [6.45, 7) is 2.92. The molecule has 1 N–H and O–H groups in total. The molecule has 2 rings (SSSR count). The number of nitro groups is 1. The van der Waals surface area contributed by atoms with Crippen LogP contribution in [0.2, 0.25) is 10.0 Å². The maximum Gasteiger partial charge on any atom is 0.286 e. The summed E-state index contributed by atoms with van der Waals surface area (Å²) >= 11 is 11.7. The third-order valence-corrected chi connectivity index (χ3v) is 3.78. The summed E-state index contributed by atoms with van der Waals surface area (Å²) in [6, 6.07) is 4.71. The lowest BCUT2D eigenvalue weighted by Crippen LogP contribution is -2.32. The zero-order valence-electron chi connectivity index (χ0n) is 12.7. The second-order valence-corrected chi connectivity index (χ2v) is 6.05. The number of nitrogens with zero attached hydrogens (tertiary/aromatic N) is 2. The summed E-state index contributed by atoms with van der Waals surface area (Å²) in [6.07, 6.45) is 1.05. The number of nitrogens with one attached hydrogen (secondary N) is 1. The number of hydrogen-bond acceptors (Lipinski definition) is 4. The number of carbonyl (C=O) groups excluding carboxylic acids is 1. The fourth-order valence-corrected chi connectivity index (χ4v) is 2.64. The van der Waals surface area contributed by atoms with Gasteiger partial charge in [-0.15, -0.1) is 0 Å². The highest BCUT2D eigenvalue weighted by atomic mass is 35.5. The van der Waals surface area contributed by atoms with Crippen LogP contribution >= 0.6 is 23.2 Å². The smallest absolute Gasteiger partial charge is 0.286 e.